The van der Waals surface area contributed by atoms with Gasteiger partial charge in [-0.1, -0.05) is 35.9 Å². The summed E-state index contributed by atoms with van der Waals surface area (Å²) in [5.74, 6) is 2.16. The first-order valence-electron chi connectivity index (χ1n) is 12.1. The topological polar surface area (TPSA) is 65.4 Å². The first kappa shape index (κ1) is 25.6. The van der Waals surface area contributed by atoms with Crippen molar-refractivity contribution in [2.45, 2.75) is 47.2 Å². The number of imidazole rings is 1. The maximum Gasteiger partial charge on any atom is 0.258 e. The Morgan fingerprint density at radius 1 is 0.972 bits per heavy atom. The molecular weight excluding hydrogens is 474 g/mol. The Labute approximate surface area is 217 Å². The number of ether oxygens (including phenoxy) is 2. The number of aryl methyl sites for hydroxylation is 5. The summed E-state index contributed by atoms with van der Waals surface area (Å²) in [7, 11) is 0. The van der Waals surface area contributed by atoms with E-state index < -0.39 is 0 Å². The van der Waals surface area contributed by atoms with Crippen molar-refractivity contribution in [3.05, 3.63) is 87.7 Å². The number of nitrogens with zero attached hydrogens (tertiary/aromatic N) is 2. The molecule has 4 rings (SSSR count). The summed E-state index contributed by atoms with van der Waals surface area (Å²) in [5.41, 5.74) is 6.04. The van der Waals surface area contributed by atoms with Crippen molar-refractivity contribution in [3.63, 3.8) is 0 Å². The zero-order valence-electron chi connectivity index (χ0n) is 21.2. The normalized spacial score (nSPS) is 11.0. The molecule has 0 aliphatic carbocycles. The average Bonchev–Trinajstić information content (AvgIpc) is 3.21. The first-order valence-corrected chi connectivity index (χ1v) is 12.5. The summed E-state index contributed by atoms with van der Waals surface area (Å²) >= 11 is 6.26. The maximum absolute atomic E-state index is 12.5. The maximum atomic E-state index is 12.5. The van der Waals surface area contributed by atoms with Crippen LogP contribution in [0.2, 0.25) is 5.02 Å². The van der Waals surface area contributed by atoms with Gasteiger partial charge in [0.25, 0.3) is 5.91 Å². The fourth-order valence-electron chi connectivity index (χ4n) is 4.15. The van der Waals surface area contributed by atoms with Crippen molar-refractivity contribution in [3.8, 4) is 11.5 Å². The number of benzene rings is 3. The third-order valence-corrected chi connectivity index (χ3v) is 6.68. The van der Waals surface area contributed by atoms with Crippen LogP contribution in [0.1, 0.15) is 34.5 Å². The van der Waals surface area contributed by atoms with Crippen LogP contribution in [0.4, 0.5) is 0 Å². The summed E-state index contributed by atoms with van der Waals surface area (Å²) in [5, 5.41) is 3.72. The minimum Gasteiger partial charge on any atom is -0.494 e. The van der Waals surface area contributed by atoms with Crippen LogP contribution < -0.4 is 14.8 Å². The molecule has 36 heavy (non-hydrogen) atoms. The molecule has 4 aromatic rings. The number of carbonyl (C=O) groups excluding carboxylic acids is 1. The third kappa shape index (κ3) is 6.18. The molecule has 0 saturated heterocycles. The molecule has 7 heteroatoms. The van der Waals surface area contributed by atoms with Crippen LogP contribution in [0.5, 0.6) is 11.5 Å². The molecule has 0 aliphatic heterocycles. The molecule has 0 radical (unpaired) electrons. The lowest BCUT2D eigenvalue weighted by atomic mass is 10.1. The molecule has 1 N–H and O–H groups in total. The van der Waals surface area contributed by atoms with Gasteiger partial charge in [0.05, 0.1) is 24.2 Å². The third-order valence-electron chi connectivity index (χ3n) is 6.08. The second kappa shape index (κ2) is 11.5. The number of hydrogen-bond acceptors (Lipinski definition) is 4. The second-order valence-electron chi connectivity index (χ2n) is 9.08. The Kier molecular flexibility index (Phi) is 8.16. The van der Waals surface area contributed by atoms with Crippen molar-refractivity contribution in [1.29, 1.82) is 0 Å². The second-order valence-corrected chi connectivity index (χ2v) is 9.45. The van der Waals surface area contributed by atoms with E-state index in [-0.39, 0.29) is 12.5 Å². The molecule has 0 spiro atoms. The zero-order valence-corrected chi connectivity index (χ0v) is 22.0. The number of rotatable bonds is 10. The van der Waals surface area contributed by atoms with Gasteiger partial charge in [0.1, 0.15) is 17.3 Å². The van der Waals surface area contributed by atoms with Crippen molar-refractivity contribution in [2.75, 3.05) is 13.2 Å². The highest BCUT2D eigenvalue weighted by Gasteiger charge is 2.13. The Bertz CT molecular complexity index is 1360. The number of para-hydroxylation sites is 2. The number of hydrogen-bond donors (Lipinski definition) is 1. The predicted molar refractivity (Wildman–Crippen MR) is 144 cm³/mol. The van der Waals surface area contributed by atoms with Gasteiger partial charge in [-0.2, -0.15) is 0 Å². The van der Waals surface area contributed by atoms with Gasteiger partial charge in [0, 0.05) is 11.6 Å². The Hall–Kier alpha value is -3.51. The smallest absolute Gasteiger partial charge is 0.258 e. The van der Waals surface area contributed by atoms with E-state index in [1.165, 1.54) is 0 Å². The van der Waals surface area contributed by atoms with E-state index in [2.05, 4.69) is 9.88 Å². The van der Waals surface area contributed by atoms with Crippen LogP contribution in [-0.2, 0) is 17.9 Å². The van der Waals surface area contributed by atoms with Crippen molar-refractivity contribution < 1.29 is 14.3 Å². The number of carbonyl (C=O) groups is 1. The molecule has 6 nitrogen and oxygen atoms in total. The Balaban J connectivity index is 1.36. The van der Waals surface area contributed by atoms with Gasteiger partial charge < -0.3 is 19.4 Å². The van der Waals surface area contributed by atoms with Crippen molar-refractivity contribution in [2.24, 2.45) is 0 Å². The molecular formula is C29H32ClN3O3. The van der Waals surface area contributed by atoms with Crippen LogP contribution >= 0.6 is 11.6 Å². The van der Waals surface area contributed by atoms with E-state index >= 15 is 0 Å². The van der Waals surface area contributed by atoms with Crippen LogP contribution in [0, 0.1) is 27.7 Å². The highest BCUT2D eigenvalue weighted by atomic mass is 35.5. The van der Waals surface area contributed by atoms with Gasteiger partial charge in [0.2, 0.25) is 0 Å². The van der Waals surface area contributed by atoms with E-state index in [9.17, 15) is 4.79 Å². The van der Waals surface area contributed by atoms with E-state index in [1.54, 1.807) is 0 Å². The van der Waals surface area contributed by atoms with Gasteiger partial charge in [0.15, 0.2) is 6.61 Å². The van der Waals surface area contributed by atoms with E-state index in [0.717, 1.165) is 68.6 Å². The van der Waals surface area contributed by atoms with Gasteiger partial charge in [-0.05, 0) is 86.7 Å². The number of aromatic nitrogens is 2. The van der Waals surface area contributed by atoms with Gasteiger partial charge in [-0.25, -0.2) is 4.98 Å². The Morgan fingerprint density at radius 3 is 2.50 bits per heavy atom. The van der Waals surface area contributed by atoms with Crippen molar-refractivity contribution in [1.82, 2.24) is 14.9 Å². The molecule has 1 heterocycles. The molecule has 188 valence electrons. The van der Waals surface area contributed by atoms with E-state index in [1.807, 2.05) is 82.3 Å². The minimum atomic E-state index is -0.189. The number of fused-ring (bicyclic) bond motifs is 1. The highest BCUT2D eigenvalue weighted by molar-refractivity contribution is 6.32. The quantitative estimate of drug-likeness (QED) is 0.265. The molecule has 0 aliphatic rings. The van der Waals surface area contributed by atoms with Crippen LogP contribution in [-0.4, -0.2) is 28.7 Å². The van der Waals surface area contributed by atoms with Gasteiger partial charge in [-0.3, -0.25) is 4.79 Å². The number of nitrogens with one attached hydrogen (secondary N) is 1. The van der Waals surface area contributed by atoms with E-state index in [0.29, 0.717) is 13.2 Å². The lowest BCUT2D eigenvalue weighted by molar-refractivity contribution is -0.123. The summed E-state index contributed by atoms with van der Waals surface area (Å²) in [6.45, 7) is 9.48. The predicted octanol–water partition coefficient (Wildman–Crippen LogP) is 6.09. The SMILES string of the molecule is Cc1ccc(C)c(OCC(=O)NCc2nc3ccccc3n2CCCOc2cc(C)c(Cl)c(C)c2)c1. The standard InChI is InChI=1S/C29H32ClN3O3/c1-19-10-11-20(2)26(14-19)36-18-28(34)31-17-27-32-24-8-5-6-9-25(24)33(27)12-7-13-35-23-15-21(3)29(30)22(4)16-23/h5-6,8-11,14-16H,7,12-13,17-18H2,1-4H3,(H,31,34). The summed E-state index contributed by atoms with van der Waals surface area (Å²) in [4.78, 5) is 17.3. The molecule has 0 bridgehead atoms. The van der Waals surface area contributed by atoms with Crippen LogP contribution in [0.3, 0.4) is 0 Å². The number of halogens is 1. The zero-order chi connectivity index (χ0) is 25.7. The fourth-order valence-corrected chi connectivity index (χ4v) is 4.26. The molecule has 3 aromatic carbocycles. The highest BCUT2D eigenvalue weighted by Crippen LogP contribution is 2.26. The molecule has 0 saturated carbocycles. The monoisotopic (exact) mass is 505 g/mol. The van der Waals surface area contributed by atoms with E-state index in [4.69, 9.17) is 26.1 Å². The molecule has 1 amide bonds. The van der Waals surface area contributed by atoms with Crippen LogP contribution in [0.25, 0.3) is 11.0 Å². The molecule has 0 fully saturated rings. The lowest BCUT2D eigenvalue weighted by Crippen LogP contribution is -2.29. The van der Waals surface area contributed by atoms with Crippen molar-refractivity contribution >= 4 is 28.5 Å². The first-order chi connectivity index (χ1) is 17.3. The van der Waals surface area contributed by atoms with Gasteiger partial charge >= 0.3 is 0 Å². The van der Waals surface area contributed by atoms with Gasteiger partial charge in [-0.15, -0.1) is 0 Å². The minimum absolute atomic E-state index is 0.0434. The Morgan fingerprint density at radius 2 is 1.72 bits per heavy atom. The van der Waals surface area contributed by atoms with Crippen LogP contribution in [0.15, 0.2) is 54.6 Å². The fraction of sp³-hybridized carbons (Fsp3) is 0.310. The molecule has 0 unspecified atom stereocenters. The summed E-state index contributed by atoms with van der Waals surface area (Å²) < 4.78 is 13.9. The largest absolute Gasteiger partial charge is 0.494 e. The lowest BCUT2D eigenvalue weighted by Gasteiger charge is -2.13. The number of amides is 1. The molecule has 0 atom stereocenters. The molecule has 1 aromatic heterocycles. The summed E-state index contributed by atoms with van der Waals surface area (Å²) in [6.07, 6.45) is 0.789. The average molecular weight is 506 g/mol. The summed E-state index contributed by atoms with van der Waals surface area (Å²) in [6, 6.07) is 17.9.